The summed E-state index contributed by atoms with van der Waals surface area (Å²) >= 11 is 0. The minimum Gasteiger partial charge on any atom is -0.352 e. The number of nitrogens with zero attached hydrogens (tertiary/aromatic N) is 1. The van der Waals surface area contributed by atoms with Crippen LogP contribution in [0.5, 0.6) is 0 Å². The monoisotopic (exact) mass is 359 g/mol. The number of sulfone groups is 1. The molecule has 1 unspecified atom stereocenters. The fourth-order valence-corrected chi connectivity index (χ4v) is 3.26. The Hall–Kier alpha value is -2.34. The van der Waals surface area contributed by atoms with Crippen LogP contribution in [0.3, 0.4) is 0 Å². The third-order valence-corrected chi connectivity index (χ3v) is 4.65. The lowest BCUT2D eigenvalue weighted by atomic mass is 10.1. The molecule has 0 bridgehead atoms. The average Bonchev–Trinajstić information content (AvgIpc) is 2.59. The zero-order valence-electron chi connectivity index (χ0n) is 14.9. The molecule has 5 nitrogen and oxygen atoms in total. The topological polar surface area (TPSA) is 70.6 Å². The second-order valence-corrected chi connectivity index (χ2v) is 8.23. The number of hydrogen-bond acceptors (Lipinski definition) is 3. The highest BCUT2D eigenvalue weighted by molar-refractivity contribution is 7.89. The van der Waals surface area contributed by atoms with Crippen molar-refractivity contribution in [1.29, 1.82) is 0 Å². The van der Waals surface area contributed by atoms with E-state index in [2.05, 4.69) is 34.7 Å². The van der Waals surface area contributed by atoms with Gasteiger partial charge in [-0.25, -0.2) is 8.42 Å². The lowest BCUT2D eigenvalue weighted by Gasteiger charge is -2.18. The minimum absolute atomic E-state index is 0.0680. The van der Waals surface area contributed by atoms with Gasteiger partial charge in [0.2, 0.25) is 0 Å². The predicted molar refractivity (Wildman–Crippen MR) is 103 cm³/mol. The molecule has 0 heterocycles. The quantitative estimate of drug-likeness (QED) is 0.614. The Morgan fingerprint density at radius 2 is 1.64 bits per heavy atom. The largest absolute Gasteiger partial charge is 0.352 e. The number of rotatable bonds is 6. The van der Waals surface area contributed by atoms with Crippen LogP contribution >= 0.6 is 0 Å². The van der Waals surface area contributed by atoms with E-state index in [-0.39, 0.29) is 11.8 Å². The molecule has 0 spiro atoms. The molecule has 2 aromatic rings. The van der Waals surface area contributed by atoms with E-state index in [0.29, 0.717) is 6.54 Å². The Morgan fingerprint density at radius 1 is 1.04 bits per heavy atom. The van der Waals surface area contributed by atoms with Crippen LogP contribution < -0.4 is 10.6 Å². The van der Waals surface area contributed by atoms with Gasteiger partial charge in [0.25, 0.3) is 0 Å². The molecule has 25 heavy (non-hydrogen) atoms. The summed E-state index contributed by atoms with van der Waals surface area (Å²) in [7, 11) is -1.27. The van der Waals surface area contributed by atoms with E-state index in [1.807, 2.05) is 42.5 Å². The molecular weight excluding hydrogens is 334 g/mol. The van der Waals surface area contributed by atoms with E-state index < -0.39 is 9.84 Å². The molecule has 0 saturated heterocycles. The highest BCUT2D eigenvalue weighted by Gasteiger charge is 2.08. The zero-order chi connectivity index (χ0) is 18.3. The zero-order valence-corrected chi connectivity index (χ0v) is 15.7. The first-order chi connectivity index (χ1) is 11.9. The summed E-state index contributed by atoms with van der Waals surface area (Å²) in [5, 5.41) is 6.63. The van der Waals surface area contributed by atoms with Crippen molar-refractivity contribution in [1.82, 2.24) is 10.6 Å². The van der Waals surface area contributed by atoms with Crippen LogP contribution in [0.15, 0.2) is 59.6 Å². The van der Waals surface area contributed by atoms with Crippen LogP contribution in [0.4, 0.5) is 0 Å². The van der Waals surface area contributed by atoms with Gasteiger partial charge in [-0.05, 0) is 23.6 Å². The van der Waals surface area contributed by atoms with E-state index in [1.54, 1.807) is 7.05 Å². The van der Waals surface area contributed by atoms with Gasteiger partial charge in [-0.2, -0.15) is 0 Å². The Morgan fingerprint density at radius 3 is 2.20 bits per heavy atom. The Labute approximate surface area is 150 Å². The summed E-state index contributed by atoms with van der Waals surface area (Å²) in [5.41, 5.74) is 3.05. The van der Waals surface area contributed by atoms with Gasteiger partial charge in [-0.15, -0.1) is 0 Å². The van der Waals surface area contributed by atoms with E-state index in [9.17, 15) is 8.42 Å². The van der Waals surface area contributed by atoms with Gasteiger partial charge in [-0.3, -0.25) is 4.99 Å². The Kier molecular flexibility index (Phi) is 6.58. The number of nitrogens with one attached hydrogen (secondary N) is 2. The minimum atomic E-state index is -3.00. The van der Waals surface area contributed by atoms with E-state index in [1.165, 1.54) is 11.8 Å². The Bertz CT molecular complexity index is 800. The molecule has 0 aliphatic carbocycles. The Balaban J connectivity index is 1.90. The van der Waals surface area contributed by atoms with Crippen molar-refractivity contribution in [3.63, 3.8) is 0 Å². The third kappa shape index (κ3) is 6.58. The van der Waals surface area contributed by atoms with E-state index >= 15 is 0 Å². The first kappa shape index (κ1) is 19.0. The van der Waals surface area contributed by atoms with Crippen molar-refractivity contribution >= 4 is 15.8 Å². The van der Waals surface area contributed by atoms with E-state index in [4.69, 9.17) is 0 Å². The molecule has 0 aromatic heterocycles. The number of aliphatic imine (C=N–C) groups is 1. The lowest BCUT2D eigenvalue weighted by molar-refractivity contribution is 0.601. The standard InChI is InChI=1S/C19H25N3O2S/c1-15(18-7-5-4-6-8-18)22-19(20-2)21-13-16-9-11-17(12-10-16)14-25(3,23)24/h4-12,15H,13-14H2,1-3H3,(H2,20,21,22). The molecule has 2 N–H and O–H groups in total. The maximum absolute atomic E-state index is 11.3. The van der Waals surface area contributed by atoms with Gasteiger partial charge in [0.1, 0.15) is 0 Å². The highest BCUT2D eigenvalue weighted by Crippen LogP contribution is 2.11. The summed E-state index contributed by atoms with van der Waals surface area (Å²) in [6, 6.07) is 17.9. The fraction of sp³-hybridized carbons (Fsp3) is 0.316. The molecule has 1 atom stereocenters. The molecule has 2 aromatic carbocycles. The highest BCUT2D eigenvalue weighted by atomic mass is 32.2. The smallest absolute Gasteiger partial charge is 0.191 e. The SMILES string of the molecule is CN=C(NCc1ccc(CS(C)(=O)=O)cc1)NC(C)c1ccccc1. The second kappa shape index (κ2) is 8.67. The first-order valence-corrected chi connectivity index (χ1v) is 10.2. The van der Waals surface area contributed by atoms with Crippen LogP contribution in [-0.2, 0) is 22.1 Å². The van der Waals surface area contributed by atoms with Gasteiger partial charge in [0, 0.05) is 19.8 Å². The van der Waals surface area contributed by atoms with E-state index in [0.717, 1.165) is 17.1 Å². The van der Waals surface area contributed by atoms with Crippen molar-refractivity contribution in [3.05, 3.63) is 71.3 Å². The average molecular weight is 359 g/mol. The molecular formula is C19H25N3O2S. The normalized spacial score (nSPS) is 13.3. The predicted octanol–water partition coefficient (Wildman–Crippen LogP) is 2.66. The first-order valence-electron chi connectivity index (χ1n) is 8.15. The third-order valence-electron chi connectivity index (χ3n) is 3.79. The molecule has 134 valence electrons. The fourth-order valence-electron chi connectivity index (χ4n) is 2.47. The van der Waals surface area contributed by atoms with Crippen molar-refractivity contribution < 1.29 is 8.42 Å². The van der Waals surface area contributed by atoms with Crippen LogP contribution in [0.1, 0.15) is 29.7 Å². The number of benzene rings is 2. The number of guanidine groups is 1. The second-order valence-electron chi connectivity index (χ2n) is 6.09. The van der Waals surface area contributed by atoms with Crippen LogP contribution in [0.25, 0.3) is 0 Å². The summed E-state index contributed by atoms with van der Waals surface area (Å²) < 4.78 is 22.6. The molecule has 0 fully saturated rings. The van der Waals surface area contributed by atoms with Gasteiger partial charge in [0.05, 0.1) is 11.8 Å². The molecule has 0 aliphatic rings. The van der Waals surface area contributed by atoms with Crippen molar-refractivity contribution in [2.75, 3.05) is 13.3 Å². The van der Waals surface area contributed by atoms with Gasteiger partial charge in [-0.1, -0.05) is 54.6 Å². The van der Waals surface area contributed by atoms with Crippen LogP contribution in [0.2, 0.25) is 0 Å². The summed E-state index contributed by atoms with van der Waals surface area (Å²) in [4.78, 5) is 4.25. The molecule has 0 aliphatic heterocycles. The van der Waals surface area contributed by atoms with Crippen molar-refractivity contribution in [2.45, 2.75) is 25.3 Å². The van der Waals surface area contributed by atoms with Gasteiger partial charge < -0.3 is 10.6 Å². The number of hydrogen-bond donors (Lipinski definition) is 2. The molecule has 2 rings (SSSR count). The maximum Gasteiger partial charge on any atom is 0.191 e. The molecule has 0 amide bonds. The van der Waals surface area contributed by atoms with Gasteiger partial charge >= 0.3 is 0 Å². The maximum atomic E-state index is 11.3. The van der Waals surface area contributed by atoms with Crippen LogP contribution in [-0.4, -0.2) is 27.7 Å². The lowest BCUT2D eigenvalue weighted by Crippen LogP contribution is -2.38. The van der Waals surface area contributed by atoms with Crippen LogP contribution in [0, 0.1) is 0 Å². The molecule has 6 heteroatoms. The summed E-state index contributed by atoms with van der Waals surface area (Å²) in [6.45, 7) is 2.70. The van der Waals surface area contributed by atoms with Gasteiger partial charge in [0.15, 0.2) is 15.8 Å². The molecule has 0 saturated carbocycles. The molecule has 0 radical (unpaired) electrons. The summed E-state index contributed by atoms with van der Waals surface area (Å²) in [6.07, 6.45) is 1.24. The van der Waals surface area contributed by atoms with Crippen molar-refractivity contribution in [3.8, 4) is 0 Å². The summed E-state index contributed by atoms with van der Waals surface area (Å²) in [5.74, 6) is 0.787. The van der Waals surface area contributed by atoms with Crippen molar-refractivity contribution in [2.24, 2.45) is 4.99 Å².